The Morgan fingerprint density at radius 3 is 2.20 bits per heavy atom. The highest BCUT2D eigenvalue weighted by Crippen LogP contribution is 2.37. The number of hydrogen-bond acceptors (Lipinski definition) is 2. The minimum Gasteiger partial charge on any atom is -0.397 e. The van der Waals surface area contributed by atoms with Crippen LogP contribution in [-0.4, -0.2) is 31.9 Å². The number of β-lactam (4-membered cyclic amide) rings is 1. The largest absolute Gasteiger partial charge is 0.397 e. The van der Waals surface area contributed by atoms with E-state index in [-0.39, 0.29) is 17.2 Å². The minimum absolute atomic E-state index is 0.0489. The standard InChI is InChI=1S/C11H23NO2Si/c1-9(12-8-7-10(12)13)14-15(5,6)11(2,3)4/h9H,7-8H2,1-6H3/t9-/m1/s1. The highest BCUT2D eigenvalue weighted by molar-refractivity contribution is 6.74. The van der Waals surface area contributed by atoms with Crippen LogP contribution in [0, 0.1) is 0 Å². The molecule has 0 saturated carbocycles. The van der Waals surface area contributed by atoms with Gasteiger partial charge in [-0.3, -0.25) is 4.79 Å². The molecule has 1 amide bonds. The van der Waals surface area contributed by atoms with E-state index in [1.54, 1.807) is 0 Å². The molecule has 0 aromatic carbocycles. The van der Waals surface area contributed by atoms with Gasteiger partial charge in [0.2, 0.25) is 5.91 Å². The monoisotopic (exact) mass is 229 g/mol. The van der Waals surface area contributed by atoms with Crippen molar-refractivity contribution in [3.8, 4) is 0 Å². The summed E-state index contributed by atoms with van der Waals surface area (Å²) in [7, 11) is -1.74. The molecule has 1 heterocycles. The molecule has 3 nitrogen and oxygen atoms in total. The molecule has 1 atom stereocenters. The molecule has 1 aliphatic rings. The maximum absolute atomic E-state index is 11.3. The predicted molar refractivity (Wildman–Crippen MR) is 64.1 cm³/mol. The summed E-state index contributed by atoms with van der Waals surface area (Å²) >= 11 is 0. The molecule has 0 aromatic rings. The molecule has 0 aliphatic carbocycles. The summed E-state index contributed by atoms with van der Waals surface area (Å²) in [5, 5.41) is 0.204. The smallest absolute Gasteiger partial charge is 0.226 e. The zero-order valence-electron chi connectivity index (χ0n) is 10.8. The average molecular weight is 229 g/mol. The van der Waals surface area contributed by atoms with Gasteiger partial charge in [0.1, 0.15) is 6.23 Å². The number of amides is 1. The Bertz CT molecular complexity index is 258. The fraction of sp³-hybridized carbons (Fsp3) is 0.909. The fourth-order valence-electron chi connectivity index (χ4n) is 1.38. The van der Waals surface area contributed by atoms with Gasteiger partial charge < -0.3 is 9.33 Å². The van der Waals surface area contributed by atoms with Crippen molar-refractivity contribution in [2.24, 2.45) is 0 Å². The van der Waals surface area contributed by atoms with Crippen molar-refractivity contribution in [2.75, 3.05) is 6.54 Å². The summed E-state index contributed by atoms with van der Waals surface area (Å²) in [4.78, 5) is 13.1. The Kier molecular flexibility index (Phi) is 3.31. The van der Waals surface area contributed by atoms with E-state index < -0.39 is 8.32 Å². The number of carbonyl (C=O) groups excluding carboxylic acids is 1. The van der Waals surface area contributed by atoms with E-state index in [1.807, 2.05) is 11.8 Å². The summed E-state index contributed by atoms with van der Waals surface area (Å²) in [6, 6.07) is 0. The molecule has 0 radical (unpaired) electrons. The molecule has 15 heavy (non-hydrogen) atoms. The average Bonchev–Trinajstić information content (AvgIpc) is 1.98. The van der Waals surface area contributed by atoms with Gasteiger partial charge in [-0.05, 0) is 25.1 Å². The summed E-state index contributed by atoms with van der Waals surface area (Å²) in [5.41, 5.74) is 0. The number of carbonyl (C=O) groups is 1. The molecule has 0 aromatic heterocycles. The van der Waals surface area contributed by atoms with Crippen LogP contribution in [-0.2, 0) is 9.22 Å². The topological polar surface area (TPSA) is 29.5 Å². The number of likely N-dealkylation sites (tertiary alicyclic amines) is 1. The highest BCUT2D eigenvalue weighted by atomic mass is 28.4. The van der Waals surface area contributed by atoms with Crippen LogP contribution in [0.25, 0.3) is 0 Å². The molecule has 0 N–H and O–H groups in total. The second-order valence-corrected chi connectivity index (χ2v) is 10.6. The van der Waals surface area contributed by atoms with E-state index in [4.69, 9.17) is 4.43 Å². The van der Waals surface area contributed by atoms with Gasteiger partial charge in [-0.2, -0.15) is 0 Å². The van der Waals surface area contributed by atoms with Gasteiger partial charge in [0.25, 0.3) is 0 Å². The Labute approximate surface area is 93.9 Å². The molecular weight excluding hydrogens is 206 g/mol. The SMILES string of the molecule is C[C@@H](O[Si](C)(C)C(C)(C)C)N1CCC1=O. The number of hydrogen-bond donors (Lipinski definition) is 0. The predicted octanol–water partition coefficient (Wildman–Crippen LogP) is 2.59. The number of nitrogens with zero attached hydrogens (tertiary/aromatic N) is 1. The Morgan fingerprint density at radius 2 is 1.93 bits per heavy atom. The molecule has 0 spiro atoms. The van der Waals surface area contributed by atoms with E-state index in [0.717, 1.165) is 6.54 Å². The third-order valence-corrected chi connectivity index (χ3v) is 8.14. The van der Waals surface area contributed by atoms with E-state index in [0.29, 0.717) is 6.42 Å². The normalized spacial score (nSPS) is 20.1. The van der Waals surface area contributed by atoms with Crippen molar-refractivity contribution in [3.63, 3.8) is 0 Å². The Morgan fingerprint density at radius 1 is 1.40 bits per heavy atom. The second kappa shape index (κ2) is 3.90. The maximum Gasteiger partial charge on any atom is 0.226 e. The van der Waals surface area contributed by atoms with Crippen molar-refractivity contribution >= 4 is 14.2 Å². The van der Waals surface area contributed by atoms with Crippen LogP contribution < -0.4 is 0 Å². The van der Waals surface area contributed by atoms with Gasteiger partial charge >= 0.3 is 0 Å². The lowest BCUT2D eigenvalue weighted by Crippen LogP contribution is -2.54. The molecular formula is C11H23NO2Si. The van der Waals surface area contributed by atoms with Gasteiger partial charge in [-0.15, -0.1) is 0 Å². The lowest BCUT2D eigenvalue weighted by atomic mass is 10.2. The third-order valence-electron chi connectivity index (χ3n) is 3.60. The first-order chi connectivity index (χ1) is 6.65. The third kappa shape index (κ3) is 2.61. The molecule has 1 saturated heterocycles. The lowest BCUT2D eigenvalue weighted by Gasteiger charge is -2.44. The first-order valence-corrected chi connectivity index (χ1v) is 8.53. The molecule has 1 fully saturated rings. The van der Waals surface area contributed by atoms with Crippen molar-refractivity contribution in [3.05, 3.63) is 0 Å². The quantitative estimate of drug-likeness (QED) is 0.550. The zero-order chi connectivity index (χ0) is 11.9. The highest BCUT2D eigenvalue weighted by Gasteiger charge is 2.41. The summed E-state index contributed by atoms with van der Waals surface area (Å²) in [6.45, 7) is 13.9. The maximum atomic E-state index is 11.3. The molecule has 88 valence electrons. The Balaban J connectivity index is 2.57. The molecule has 0 bridgehead atoms. The zero-order valence-corrected chi connectivity index (χ0v) is 11.8. The van der Waals surface area contributed by atoms with Crippen LogP contribution in [0.1, 0.15) is 34.1 Å². The minimum atomic E-state index is -1.74. The van der Waals surface area contributed by atoms with Crippen molar-refractivity contribution in [2.45, 2.75) is 58.5 Å². The molecule has 1 rings (SSSR count). The summed E-state index contributed by atoms with van der Waals surface area (Å²) in [5.74, 6) is 0.223. The second-order valence-electron chi connectivity index (χ2n) is 5.81. The van der Waals surface area contributed by atoms with Crippen molar-refractivity contribution in [1.82, 2.24) is 4.90 Å². The van der Waals surface area contributed by atoms with Gasteiger partial charge in [-0.1, -0.05) is 20.8 Å². The summed E-state index contributed by atoms with van der Waals surface area (Å²) < 4.78 is 6.12. The van der Waals surface area contributed by atoms with E-state index >= 15 is 0 Å². The first-order valence-electron chi connectivity index (χ1n) is 5.62. The van der Waals surface area contributed by atoms with Gasteiger partial charge in [0, 0.05) is 13.0 Å². The van der Waals surface area contributed by atoms with Crippen LogP contribution in [0.2, 0.25) is 18.1 Å². The molecule has 4 heteroatoms. The van der Waals surface area contributed by atoms with E-state index in [9.17, 15) is 4.79 Å². The van der Waals surface area contributed by atoms with Crippen molar-refractivity contribution < 1.29 is 9.22 Å². The van der Waals surface area contributed by atoms with Gasteiger partial charge in [0.05, 0.1) is 0 Å². The van der Waals surface area contributed by atoms with Crippen molar-refractivity contribution in [1.29, 1.82) is 0 Å². The van der Waals surface area contributed by atoms with Crippen LogP contribution in [0.15, 0.2) is 0 Å². The number of rotatable bonds is 3. The van der Waals surface area contributed by atoms with E-state index in [1.165, 1.54) is 0 Å². The van der Waals surface area contributed by atoms with Crippen LogP contribution in [0.3, 0.4) is 0 Å². The van der Waals surface area contributed by atoms with Crippen LogP contribution >= 0.6 is 0 Å². The van der Waals surface area contributed by atoms with E-state index in [2.05, 4.69) is 33.9 Å². The fourth-order valence-corrected chi connectivity index (χ4v) is 2.72. The van der Waals surface area contributed by atoms with Crippen LogP contribution in [0.4, 0.5) is 0 Å². The van der Waals surface area contributed by atoms with Gasteiger partial charge in [-0.25, -0.2) is 0 Å². The van der Waals surface area contributed by atoms with Gasteiger partial charge in [0.15, 0.2) is 8.32 Å². The first kappa shape index (κ1) is 12.7. The van der Waals surface area contributed by atoms with Crippen LogP contribution in [0.5, 0.6) is 0 Å². The molecule has 1 aliphatic heterocycles. The summed E-state index contributed by atoms with van der Waals surface area (Å²) in [6.07, 6.45) is 0.637. The molecule has 0 unspecified atom stereocenters. The lowest BCUT2D eigenvalue weighted by molar-refractivity contribution is -0.150. The Hall–Kier alpha value is -0.353.